The van der Waals surface area contributed by atoms with Gasteiger partial charge in [-0.05, 0) is 54.7 Å². The predicted molar refractivity (Wildman–Crippen MR) is 89.6 cm³/mol. The fraction of sp³-hybridized carbons (Fsp3) is 0.263. The summed E-state index contributed by atoms with van der Waals surface area (Å²) >= 11 is 0. The van der Waals surface area contributed by atoms with E-state index in [0.717, 1.165) is 36.1 Å². The summed E-state index contributed by atoms with van der Waals surface area (Å²) in [6, 6.07) is 8.18. The fourth-order valence-electron chi connectivity index (χ4n) is 3.28. The molecular weight excluding hydrogens is 342 g/mol. The van der Waals surface area contributed by atoms with Crippen LogP contribution in [0.1, 0.15) is 45.9 Å². The van der Waals surface area contributed by atoms with Gasteiger partial charge in [-0.2, -0.15) is 0 Å². The Morgan fingerprint density at radius 2 is 1.88 bits per heavy atom. The third kappa shape index (κ3) is 3.72. The summed E-state index contributed by atoms with van der Waals surface area (Å²) < 4.78 is 27.4. The quantitative estimate of drug-likeness (QED) is 0.580. The number of nitrogens with one attached hydrogen (secondary N) is 2. The van der Waals surface area contributed by atoms with Gasteiger partial charge >= 0.3 is 0 Å². The highest BCUT2D eigenvalue weighted by atomic mass is 19.1. The van der Waals surface area contributed by atoms with Gasteiger partial charge in [0.1, 0.15) is 11.6 Å². The molecule has 2 aromatic rings. The maximum Gasteiger partial charge on any atom is 0.274 e. The summed E-state index contributed by atoms with van der Waals surface area (Å²) in [5, 5.41) is 11.5. The van der Waals surface area contributed by atoms with Crippen LogP contribution in [0.5, 0.6) is 0 Å². The summed E-state index contributed by atoms with van der Waals surface area (Å²) in [5.41, 5.74) is 3.43. The highest BCUT2D eigenvalue weighted by molar-refractivity contribution is 5.93. The van der Waals surface area contributed by atoms with E-state index in [1.165, 1.54) is 6.07 Å². The van der Waals surface area contributed by atoms with Crippen LogP contribution in [0.25, 0.3) is 0 Å². The van der Waals surface area contributed by atoms with E-state index in [-0.39, 0.29) is 18.0 Å². The summed E-state index contributed by atoms with van der Waals surface area (Å²) in [7, 11) is 0. The first-order valence-electron chi connectivity index (χ1n) is 8.29. The van der Waals surface area contributed by atoms with E-state index < -0.39 is 23.4 Å². The molecule has 2 aromatic carbocycles. The lowest BCUT2D eigenvalue weighted by molar-refractivity contribution is -0.121. The number of fused-ring (bicyclic) bond motifs is 1. The highest BCUT2D eigenvalue weighted by Gasteiger charge is 2.24. The third-order valence-corrected chi connectivity index (χ3v) is 4.56. The van der Waals surface area contributed by atoms with E-state index in [1.54, 1.807) is 23.7 Å². The molecule has 0 saturated carbocycles. The van der Waals surface area contributed by atoms with Gasteiger partial charge in [0.15, 0.2) is 0 Å². The van der Waals surface area contributed by atoms with E-state index in [0.29, 0.717) is 12.0 Å². The number of carbonyl (C=O) groups is 2. The molecule has 1 atom stereocenters. The lowest BCUT2D eigenvalue weighted by Gasteiger charge is -2.27. The molecule has 0 fully saturated rings. The number of hydrogen-bond acceptors (Lipinski definition) is 3. The zero-order chi connectivity index (χ0) is 18.7. The second-order valence-electron chi connectivity index (χ2n) is 6.24. The van der Waals surface area contributed by atoms with Gasteiger partial charge in [-0.1, -0.05) is 12.1 Å². The molecule has 0 saturated heterocycles. The van der Waals surface area contributed by atoms with E-state index in [4.69, 9.17) is 5.21 Å². The molecule has 136 valence electrons. The van der Waals surface area contributed by atoms with Gasteiger partial charge in [0.05, 0.1) is 12.5 Å². The van der Waals surface area contributed by atoms with Gasteiger partial charge in [-0.15, -0.1) is 0 Å². The second kappa shape index (κ2) is 7.61. The Balaban J connectivity index is 1.75. The molecule has 0 bridgehead atoms. The minimum absolute atomic E-state index is 0.254. The molecule has 0 aliphatic heterocycles. The van der Waals surface area contributed by atoms with Crippen molar-refractivity contribution in [3.05, 3.63) is 70.3 Å². The number of hydroxylamine groups is 1. The lowest BCUT2D eigenvalue weighted by atomic mass is 9.86. The zero-order valence-corrected chi connectivity index (χ0v) is 13.9. The molecule has 5 nitrogen and oxygen atoms in total. The Kier molecular flexibility index (Phi) is 5.27. The molecule has 3 rings (SSSR count). The molecule has 0 radical (unpaired) electrons. The molecule has 26 heavy (non-hydrogen) atoms. The van der Waals surface area contributed by atoms with E-state index in [9.17, 15) is 18.4 Å². The van der Waals surface area contributed by atoms with Gasteiger partial charge in [-0.3, -0.25) is 14.8 Å². The molecule has 1 aliphatic rings. The lowest BCUT2D eigenvalue weighted by Crippen LogP contribution is -2.32. The van der Waals surface area contributed by atoms with Crippen molar-refractivity contribution in [3.8, 4) is 0 Å². The van der Waals surface area contributed by atoms with Crippen molar-refractivity contribution in [2.45, 2.75) is 31.7 Å². The number of aryl methyl sites for hydroxylation is 1. The van der Waals surface area contributed by atoms with E-state index >= 15 is 0 Å². The number of rotatable bonds is 4. The van der Waals surface area contributed by atoms with Crippen molar-refractivity contribution in [1.29, 1.82) is 0 Å². The summed E-state index contributed by atoms with van der Waals surface area (Å²) in [6.07, 6.45) is 1.87. The number of amides is 2. The van der Waals surface area contributed by atoms with Crippen molar-refractivity contribution in [2.24, 2.45) is 0 Å². The Bertz CT molecular complexity index is 834. The first-order valence-corrected chi connectivity index (χ1v) is 8.29. The van der Waals surface area contributed by atoms with Crippen LogP contribution >= 0.6 is 0 Å². The number of carbonyl (C=O) groups excluding carboxylic acids is 2. The van der Waals surface area contributed by atoms with E-state index in [2.05, 4.69) is 5.32 Å². The minimum Gasteiger partial charge on any atom is -0.349 e. The Morgan fingerprint density at radius 3 is 2.58 bits per heavy atom. The van der Waals surface area contributed by atoms with Crippen LogP contribution < -0.4 is 10.8 Å². The van der Waals surface area contributed by atoms with Crippen molar-refractivity contribution >= 4 is 11.8 Å². The molecule has 3 N–H and O–H groups in total. The van der Waals surface area contributed by atoms with Crippen LogP contribution in [-0.2, 0) is 17.6 Å². The maximum absolute atomic E-state index is 13.7. The number of benzene rings is 2. The van der Waals surface area contributed by atoms with Crippen LogP contribution in [0.4, 0.5) is 8.78 Å². The van der Waals surface area contributed by atoms with Crippen LogP contribution in [0.15, 0.2) is 36.4 Å². The van der Waals surface area contributed by atoms with Crippen molar-refractivity contribution in [3.63, 3.8) is 0 Å². The first kappa shape index (κ1) is 18.0. The SMILES string of the molecule is O=C(Cc1c(F)cccc1F)NC1CCCc2cc(C(=O)NO)ccc21. The fourth-order valence-corrected chi connectivity index (χ4v) is 3.28. The van der Waals surface area contributed by atoms with Crippen molar-refractivity contribution < 1.29 is 23.6 Å². The average Bonchev–Trinajstić information content (AvgIpc) is 2.64. The Labute approximate surface area is 149 Å². The topological polar surface area (TPSA) is 78.4 Å². The molecule has 1 aliphatic carbocycles. The first-order chi connectivity index (χ1) is 12.5. The standard InChI is InChI=1S/C19H18F2N2O3/c20-15-4-2-5-16(21)14(15)10-18(24)22-17-6-1-3-11-9-12(19(25)23-26)7-8-13(11)17/h2,4-5,7-9,17,26H,1,3,6,10H2,(H,22,24)(H,23,25). The monoisotopic (exact) mass is 360 g/mol. The van der Waals surface area contributed by atoms with Crippen LogP contribution in [0, 0.1) is 11.6 Å². The Hall–Kier alpha value is -2.80. The highest BCUT2D eigenvalue weighted by Crippen LogP contribution is 2.30. The summed E-state index contributed by atoms with van der Waals surface area (Å²) in [4.78, 5) is 23.8. The van der Waals surface area contributed by atoms with Crippen LogP contribution in [0.3, 0.4) is 0 Å². The molecule has 7 heteroatoms. The number of halogens is 2. The van der Waals surface area contributed by atoms with Gasteiger partial charge in [0, 0.05) is 11.1 Å². The zero-order valence-electron chi connectivity index (χ0n) is 13.9. The molecule has 0 spiro atoms. The Morgan fingerprint density at radius 1 is 1.15 bits per heavy atom. The number of hydrogen-bond donors (Lipinski definition) is 3. The molecule has 2 amide bonds. The van der Waals surface area contributed by atoms with Gasteiger partial charge in [0.25, 0.3) is 5.91 Å². The third-order valence-electron chi connectivity index (χ3n) is 4.56. The van der Waals surface area contributed by atoms with Gasteiger partial charge in [-0.25, -0.2) is 14.3 Å². The van der Waals surface area contributed by atoms with Crippen molar-refractivity contribution in [2.75, 3.05) is 0 Å². The smallest absolute Gasteiger partial charge is 0.274 e. The van der Waals surface area contributed by atoms with Crippen molar-refractivity contribution in [1.82, 2.24) is 10.8 Å². The maximum atomic E-state index is 13.7. The molecule has 0 aromatic heterocycles. The van der Waals surface area contributed by atoms with Crippen LogP contribution in [0.2, 0.25) is 0 Å². The molecular formula is C19H18F2N2O3. The molecule has 0 heterocycles. The van der Waals surface area contributed by atoms with E-state index in [1.807, 2.05) is 0 Å². The minimum atomic E-state index is -0.746. The largest absolute Gasteiger partial charge is 0.349 e. The van der Waals surface area contributed by atoms with Gasteiger partial charge < -0.3 is 5.32 Å². The average molecular weight is 360 g/mol. The molecule has 1 unspecified atom stereocenters. The summed E-state index contributed by atoms with van der Waals surface area (Å²) in [6.45, 7) is 0. The predicted octanol–water partition coefficient (Wildman–Crippen LogP) is 2.82. The van der Waals surface area contributed by atoms with Gasteiger partial charge in [0.2, 0.25) is 5.91 Å². The summed E-state index contributed by atoms with van der Waals surface area (Å²) in [5.74, 6) is -2.56. The normalized spacial score (nSPS) is 15.9. The van der Waals surface area contributed by atoms with Crippen LogP contribution in [-0.4, -0.2) is 17.0 Å². The second-order valence-corrected chi connectivity index (χ2v) is 6.24.